The molecule has 2 aromatic carbocycles. The normalized spacial score (nSPS) is 14.8. The van der Waals surface area contributed by atoms with Crippen LogP contribution < -0.4 is 21.4 Å². The molecule has 3 aromatic rings. The molecule has 1 heterocycles. The molecule has 0 saturated heterocycles. The Balaban J connectivity index is 2.20. The second kappa shape index (κ2) is 21.8. The van der Waals surface area contributed by atoms with E-state index in [2.05, 4.69) is 10.4 Å². The zero-order valence-electron chi connectivity index (χ0n) is 38.5. The maximum Gasteiger partial charge on any atom is 0.408 e. The Hall–Kier alpha value is -4.92. The molecule has 380 valence electrons. The molecule has 25 heteroatoms. The number of aliphatic hydroxyl groups is 1. The van der Waals surface area contributed by atoms with Crippen molar-refractivity contribution < 1.29 is 77.7 Å². The van der Waals surface area contributed by atoms with E-state index in [1.807, 2.05) is 38.7 Å². The van der Waals surface area contributed by atoms with Crippen LogP contribution in [0.1, 0.15) is 86.9 Å². The molecule has 14 nitrogen and oxygen atoms in total. The number of aliphatic hydroxyl groups excluding tert-OH is 1. The molecule has 4 atom stereocenters. The minimum Gasteiger partial charge on any atom is -0.444 e. The lowest BCUT2D eigenvalue weighted by molar-refractivity contribution is -0.221. The number of hydrogen-bond donors (Lipinski definition) is 5. The van der Waals surface area contributed by atoms with Crippen molar-refractivity contribution in [3.05, 3.63) is 75.0 Å². The third kappa shape index (κ3) is 15.8. The van der Waals surface area contributed by atoms with E-state index in [1.165, 1.54) is 53.7 Å². The molecule has 0 spiro atoms. The van der Waals surface area contributed by atoms with Gasteiger partial charge in [-0.2, -0.15) is 40.2 Å². The van der Waals surface area contributed by atoms with Gasteiger partial charge in [-0.3, -0.25) is 15.0 Å². The lowest BCUT2D eigenvalue weighted by Gasteiger charge is -2.38. The Kier molecular flexibility index (Phi) is 18.4. The quantitative estimate of drug-likeness (QED) is 0.0503. The summed E-state index contributed by atoms with van der Waals surface area (Å²) in [6, 6.07) is 1.88. The summed E-state index contributed by atoms with van der Waals surface area (Å²) in [5.41, 5.74) is -7.83. The monoisotopic (exact) mass is 1100 g/mol. The number of carbonyl (C=O) groups excluding carboxylic acids is 4. The second-order valence-corrected chi connectivity index (χ2v) is 20.1. The minimum absolute atomic E-state index is 0.202. The van der Waals surface area contributed by atoms with E-state index in [0.29, 0.717) is 54.0 Å². The fourth-order valence-corrected chi connectivity index (χ4v) is 6.53. The average Bonchev–Trinajstić information content (AvgIpc) is 3.66. The van der Waals surface area contributed by atoms with E-state index in [4.69, 9.17) is 9.47 Å². The summed E-state index contributed by atoms with van der Waals surface area (Å²) < 4.78 is 157. The highest BCUT2D eigenvalue weighted by Gasteiger charge is 2.57. The molecular weight excluding hydrogens is 1040 g/mol. The van der Waals surface area contributed by atoms with E-state index in [0.717, 1.165) is 12.3 Å². The van der Waals surface area contributed by atoms with Crippen molar-refractivity contribution in [1.29, 1.82) is 0 Å². The van der Waals surface area contributed by atoms with Gasteiger partial charge in [-0.05, 0) is 134 Å². The highest BCUT2D eigenvalue weighted by molar-refractivity contribution is 14.1. The van der Waals surface area contributed by atoms with Crippen LogP contribution >= 0.6 is 22.6 Å². The number of halogens is 11. The largest absolute Gasteiger partial charge is 0.444 e. The predicted molar refractivity (Wildman–Crippen MR) is 234 cm³/mol. The first-order valence-electron chi connectivity index (χ1n) is 20.6. The van der Waals surface area contributed by atoms with Crippen molar-refractivity contribution in [2.45, 2.75) is 137 Å². The van der Waals surface area contributed by atoms with Gasteiger partial charge >= 0.3 is 31.1 Å². The van der Waals surface area contributed by atoms with Crippen LogP contribution in [0.3, 0.4) is 0 Å². The predicted octanol–water partition coefficient (Wildman–Crippen LogP) is 8.71. The topological polar surface area (TPSA) is 176 Å². The first-order valence-corrected chi connectivity index (χ1v) is 21.6. The highest BCUT2D eigenvalue weighted by Crippen LogP contribution is 2.42. The number of alkyl halides is 8. The lowest BCUT2D eigenvalue weighted by Crippen LogP contribution is -2.64. The van der Waals surface area contributed by atoms with Gasteiger partial charge in [0.1, 0.15) is 34.9 Å². The maximum absolute atomic E-state index is 15.9. The van der Waals surface area contributed by atoms with Crippen LogP contribution in [0.5, 0.6) is 0 Å². The summed E-state index contributed by atoms with van der Waals surface area (Å²) >= 11 is 1.96. The molecule has 0 aliphatic heterocycles. The smallest absolute Gasteiger partial charge is 0.408 e. The van der Waals surface area contributed by atoms with Crippen LogP contribution in [0, 0.1) is 26.0 Å². The number of rotatable bonds is 17. The molecule has 0 saturated carbocycles. The molecule has 0 aliphatic rings. The molecule has 3 rings (SSSR count). The third-order valence-electron chi connectivity index (χ3n) is 10.2. The average molecular weight is 1100 g/mol. The first-order chi connectivity index (χ1) is 30.8. The first kappa shape index (κ1) is 57.4. The highest BCUT2D eigenvalue weighted by atomic mass is 127. The molecule has 68 heavy (non-hydrogen) atoms. The van der Waals surface area contributed by atoms with Crippen molar-refractivity contribution in [3.8, 4) is 11.3 Å². The number of alkyl carbamates (subject to hydrolysis) is 2. The Morgan fingerprint density at radius 2 is 1.19 bits per heavy atom. The molecule has 1 aromatic heterocycles. The van der Waals surface area contributed by atoms with E-state index >= 15 is 8.78 Å². The SMILES string of the molecule is CC(C)(C)OC(=O)NC(C(=O)NC(Cc1ccc(I)cc1)C(O)CN(Cc1c(F)cc(-c2ccn(C(F)F)n2)cc1F)NC(=O)C(NC(=O)OC(C)(C)C)C(C)(C)C(F)(F)F)C(C)(C)C(F)(F)F. The fourth-order valence-electron chi connectivity index (χ4n) is 6.17. The number of ether oxygens (including phenoxy) is 2. The summed E-state index contributed by atoms with van der Waals surface area (Å²) in [7, 11) is 0. The summed E-state index contributed by atoms with van der Waals surface area (Å²) in [5, 5.41) is 22.1. The molecule has 4 unspecified atom stereocenters. The van der Waals surface area contributed by atoms with E-state index < -0.39 is 126 Å². The van der Waals surface area contributed by atoms with Gasteiger partial charge in [-0.25, -0.2) is 28.1 Å². The Morgan fingerprint density at radius 3 is 1.60 bits per heavy atom. The number of carbonyl (C=O) groups is 4. The van der Waals surface area contributed by atoms with Gasteiger partial charge in [0.15, 0.2) is 0 Å². The van der Waals surface area contributed by atoms with Crippen molar-refractivity contribution in [1.82, 2.24) is 36.2 Å². The van der Waals surface area contributed by atoms with Gasteiger partial charge in [-0.1, -0.05) is 12.1 Å². The van der Waals surface area contributed by atoms with Crippen molar-refractivity contribution in [2.75, 3.05) is 6.54 Å². The van der Waals surface area contributed by atoms with Crippen molar-refractivity contribution >= 4 is 46.6 Å². The van der Waals surface area contributed by atoms with Crippen LogP contribution in [0.25, 0.3) is 11.3 Å². The van der Waals surface area contributed by atoms with Gasteiger partial charge in [0.25, 0.3) is 5.91 Å². The number of hydrogen-bond acceptors (Lipinski definition) is 9. The minimum atomic E-state index is -5.23. The summed E-state index contributed by atoms with van der Waals surface area (Å²) in [4.78, 5) is 53.8. The van der Waals surface area contributed by atoms with Gasteiger partial charge in [0.05, 0.1) is 28.7 Å². The van der Waals surface area contributed by atoms with Crippen molar-refractivity contribution in [3.63, 3.8) is 0 Å². The molecule has 0 aliphatic carbocycles. The zero-order chi connectivity index (χ0) is 52.1. The van der Waals surface area contributed by atoms with Crippen LogP contribution in [-0.4, -0.2) is 98.2 Å². The molecule has 5 N–H and O–H groups in total. The van der Waals surface area contributed by atoms with E-state index in [-0.39, 0.29) is 15.9 Å². The van der Waals surface area contributed by atoms with Crippen LogP contribution in [0.2, 0.25) is 0 Å². The Morgan fingerprint density at radius 1 is 0.735 bits per heavy atom. The standard InChI is InChI=1S/C43H54F10IN7O7/c1-38(2,3)67-36(65)56-31(40(7,8)42(48,49)50)33(63)55-29(17-22-11-13-24(54)14-12-22)30(62)21-60(20-25-26(44)18-23(19-27(25)45)28-15-16-61(58-28)35(46)47)59-34(64)32(41(9,10)43(51,52)53)57-37(66)68-39(4,5)6/h11-16,18-19,29-32,35,62H,17,20-21H2,1-10H3,(H,55,63)(H,56,65)(H,57,66)(H,59,64). The van der Waals surface area contributed by atoms with E-state index in [1.54, 1.807) is 12.1 Å². The molecule has 4 amide bonds. The summed E-state index contributed by atoms with van der Waals surface area (Å²) in [5.74, 6) is -6.01. The fraction of sp³-hybridized carbons (Fsp3) is 0.558. The lowest BCUT2D eigenvalue weighted by atomic mass is 9.82. The summed E-state index contributed by atoms with van der Waals surface area (Å²) in [6.07, 6.45) is -15.0. The van der Waals surface area contributed by atoms with Crippen LogP contribution in [0.4, 0.5) is 53.5 Å². The Bertz CT molecular complexity index is 2220. The zero-order valence-corrected chi connectivity index (χ0v) is 40.7. The van der Waals surface area contributed by atoms with Gasteiger partial charge in [0, 0.05) is 34.0 Å². The number of nitrogens with zero attached hydrogens (tertiary/aromatic N) is 3. The molecule has 0 bridgehead atoms. The summed E-state index contributed by atoms with van der Waals surface area (Å²) in [6.45, 7) is 5.36. The molecule has 0 radical (unpaired) electrons. The van der Waals surface area contributed by atoms with Crippen LogP contribution in [-0.2, 0) is 32.0 Å². The van der Waals surface area contributed by atoms with Gasteiger partial charge in [0.2, 0.25) is 5.91 Å². The number of benzene rings is 2. The number of nitrogens with one attached hydrogen (secondary N) is 4. The van der Waals surface area contributed by atoms with Gasteiger partial charge in [-0.15, -0.1) is 0 Å². The third-order valence-corrected chi connectivity index (χ3v) is 10.9. The maximum atomic E-state index is 15.9. The van der Waals surface area contributed by atoms with E-state index in [9.17, 15) is 59.4 Å². The second-order valence-electron chi connectivity index (χ2n) is 18.8. The van der Waals surface area contributed by atoms with Crippen LogP contribution in [0.15, 0.2) is 48.7 Å². The Labute approximate surface area is 399 Å². The van der Waals surface area contributed by atoms with Gasteiger partial charge < -0.3 is 30.5 Å². The molecular formula is C43H54F10IN7O7. The number of hydrazine groups is 1. The van der Waals surface area contributed by atoms with Crippen molar-refractivity contribution in [2.24, 2.45) is 10.8 Å². The number of amides is 4. The molecule has 0 fully saturated rings. The number of aromatic nitrogens is 2.